The largest absolute Gasteiger partial charge is 0.328 e. The molecule has 0 aliphatic carbocycles. The first-order chi connectivity index (χ1) is 11.4. The molecule has 2 N–H and O–H groups in total. The molecule has 2 aromatic rings. The summed E-state index contributed by atoms with van der Waals surface area (Å²) in [7, 11) is 0. The van der Waals surface area contributed by atoms with Crippen molar-refractivity contribution in [3.8, 4) is 0 Å². The molecule has 0 fully saturated rings. The third kappa shape index (κ3) is 4.47. The third-order valence-corrected chi connectivity index (χ3v) is 4.65. The van der Waals surface area contributed by atoms with Crippen molar-refractivity contribution in [2.45, 2.75) is 32.4 Å². The molecule has 1 amide bonds. The number of carbonyl (C=O) groups is 1. The van der Waals surface area contributed by atoms with E-state index in [1.807, 2.05) is 19.9 Å². The van der Waals surface area contributed by atoms with Crippen LogP contribution in [0.1, 0.15) is 30.9 Å². The van der Waals surface area contributed by atoms with Gasteiger partial charge in [0.25, 0.3) is 0 Å². The Hall–Kier alpha value is -1.62. The molecule has 0 bridgehead atoms. The summed E-state index contributed by atoms with van der Waals surface area (Å²) in [5, 5.41) is 6.66. The highest BCUT2D eigenvalue weighted by Gasteiger charge is 2.19. The first kappa shape index (κ1) is 18.7. The van der Waals surface area contributed by atoms with Crippen LogP contribution in [0, 0.1) is 5.82 Å². The Balaban J connectivity index is 2.09. The molecule has 0 aliphatic rings. The second kappa shape index (κ2) is 8.47. The Morgan fingerprint density at radius 2 is 1.96 bits per heavy atom. The van der Waals surface area contributed by atoms with Crippen LogP contribution in [-0.2, 0) is 11.3 Å². The van der Waals surface area contributed by atoms with Gasteiger partial charge in [0.1, 0.15) is 5.82 Å². The van der Waals surface area contributed by atoms with Gasteiger partial charge in [-0.05, 0) is 42.2 Å². The van der Waals surface area contributed by atoms with E-state index in [2.05, 4.69) is 10.6 Å². The molecule has 0 heterocycles. The van der Waals surface area contributed by atoms with Crippen LogP contribution >= 0.6 is 23.2 Å². The number of nitrogens with one attached hydrogen (secondary N) is 2. The Morgan fingerprint density at radius 3 is 2.67 bits per heavy atom. The first-order valence-electron chi connectivity index (χ1n) is 7.60. The molecule has 0 spiro atoms. The van der Waals surface area contributed by atoms with Gasteiger partial charge in [0, 0.05) is 23.3 Å². The average molecular weight is 369 g/mol. The van der Waals surface area contributed by atoms with Crippen molar-refractivity contribution < 1.29 is 9.18 Å². The van der Waals surface area contributed by atoms with Gasteiger partial charge >= 0.3 is 0 Å². The summed E-state index contributed by atoms with van der Waals surface area (Å²) in [6.45, 7) is 4.44. The number of hydrogen-bond donors (Lipinski definition) is 2. The Morgan fingerprint density at radius 1 is 1.21 bits per heavy atom. The molecular formula is C18H19Cl2FN2O. The van der Waals surface area contributed by atoms with E-state index in [4.69, 9.17) is 23.2 Å². The molecule has 0 aromatic heterocycles. The van der Waals surface area contributed by atoms with Crippen molar-refractivity contribution in [3.63, 3.8) is 0 Å². The van der Waals surface area contributed by atoms with Gasteiger partial charge in [-0.15, -0.1) is 0 Å². The van der Waals surface area contributed by atoms with Crippen molar-refractivity contribution in [1.29, 1.82) is 0 Å². The molecule has 2 rings (SSSR count). The van der Waals surface area contributed by atoms with Crippen LogP contribution < -0.4 is 10.6 Å². The predicted molar refractivity (Wildman–Crippen MR) is 97.3 cm³/mol. The van der Waals surface area contributed by atoms with Crippen molar-refractivity contribution in [1.82, 2.24) is 5.32 Å². The molecule has 2 aromatic carbocycles. The summed E-state index contributed by atoms with van der Waals surface area (Å²) in [4.78, 5) is 10.7. The lowest BCUT2D eigenvalue weighted by Crippen LogP contribution is -2.31. The van der Waals surface area contributed by atoms with E-state index >= 15 is 0 Å². The van der Waals surface area contributed by atoms with E-state index in [0.29, 0.717) is 29.2 Å². The average Bonchev–Trinajstić information content (AvgIpc) is 2.56. The molecule has 24 heavy (non-hydrogen) atoms. The van der Waals surface area contributed by atoms with E-state index in [1.165, 1.54) is 6.07 Å². The lowest BCUT2D eigenvalue weighted by Gasteiger charge is -2.23. The molecule has 0 aliphatic heterocycles. The number of hydrogen-bond acceptors (Lipinski definition) is 2. The van der Waals surface area contributed by atoms with Crippen LogP contribution in [0.3, 0.4) is 0 Å². The van der Waals surface area contributed by atoms with Gasteiger partial charge in [-0.25, -0.2) is 4.39 Å². The van der Waals surface area contributed by atoms with E-state index in [9.17, 15) is 9.18 Å². The van der Waals surface area contributed by atoms with Gasteiger partial charge in [0.05, 0.1) is 5.02 Å². The minimum absolute atomic E-state index is 0.00211. The van der Waals surface area contributed by atoms with E-state index < -0.39 is 0 Å². The summed E-state index contributed by atoms with van der Waals surface area (Å²) >= 11 is 11.8. The molecule has 0 radical (unpaired) electrons. The van der Waals surface area contributed by atoms with Crippen LogP contribution in [0.25, 0.3) is 0 Å². The van der Waals surface area contributed by atoms with E-state index in [0.717, 1.165) is 5.56 Å². The minimum Gasteiger partial charge on any atom is -0.328 e. The molecular weight excluding hydrogens is 350 g/mol. The predicted octanol–water partition coefficient (Wildman–Crippen LogP) is 4.98. The molecule has 1 unspecified atom stereocenters. The Kier molecular flexibility index (Phi) is 6.60. The summed E-state index contributed by atoms with van der Waals surface area (Å²) in [6.07, 6.45) is 0.614. The van der Waals surface area contributed by atoms with Crippen LogP contribution in [0.2, 0.25) is 10.0 Å². The number of rotatable bonds is 7. The van der Waals surface area contributed by atoms with Gasteiger partial charge < -0.3 is 10.6 Å². The molecule has 0 saturated carbocycles. The van der Waals surface area contributed by atoms with Gasteiger partial charge in [-0.3, -0.25) is 4.79 Å². The maximum Gasteiger partial charge on any atom is 0.211 e. The fraction of sp³-hybridized carbons (Fsp3) is 0.278. The maximum absolute atomic E-state index is 14.2. The van der Waals surface area contributed by atoms with E-state index in [1.54, 1.807) is 24.3 Å². The van der Waals surface area contributed by atoms with Crippen molar-refractivity contribution in [2.24, 2.45) is 0 Å². The number of anilines is 1. The zero-order chi connectivity index (χ0) is 17.7. The third-order valence-electron chi connectivity index (χ3n) is 4.12. The maximum atomic E-state index is 14.2. The standard InChI is InChI=1S/C18H19Cl2FN2O/c1-11(15-4-3-5-16(20)18(15)21)12(2)22-9-13-6-7-14(19)8-17(13)23-10-24/h3-8,10-12,22H,9H2,1-2H3,(H,23,24)/t11?,12-/m0/s1. The van der Waals surface area contributed by atoms with Gasteiger partial charge in [0.2, 0.25) is 6.41 Å². The fourth-order valence-electron chi connectivity index (χ4n) is 2.49. The zero-order valence-electron chi connectivity index (χ0n) is 13.4. The van der Waals surface area contributed by atoms with Gasteiger partial charge in [0.15, 0.2) is 0 Å². The Bertz CT molecular complexity index is 724. The molecule has 0 saturated heterocycles. The minimum atomic E-state index is -0.380. The zero-order valence-corrected chi connectivity index (χ0v) is 15.0. The summed E-state index contributed by atoms with van der Waals surface area (Å²) in [6, 6.07) is 10.3. The van der Waals surface area contributed by atoms with Gasteiger partial charge in [-0.2, -0.15) is 0 Å². The second-order valence-electron chi connectivity index (χ2n) is 5.66. The molecule has 128 valence electrons. The van der Waals surface area contributed by atoms with Crippen molar-refractivity contribution >= 4 is 35.3 Å². The first-order valence-corrected chi connectivity index (χ1v) is 8.35. The fourth-order valence-corrected chi connectivity index (χ4v) is 2.84. The summed E-state index contributed by atoms with van der Waals surface area (Å²) in [5.41, 5.74) is 2.13. The van der Waals surface area contributed by atoms with E-state index in [-0.39, 0.29) is 22.8 Å². The number of halogens is 3. The summed E-state index contributed by atoms with van der Waals surface area (Å²) < 4.78 is 14.2. The Labute approximate surface area is 151 Å². The number of carbonyl (C=O) groups excluding carboxylic acids is 1. The van der Waals surface area contributed by atoms with Crippen LogP contribution in [0.5, 0.6) is 0 Å². The topological polar surface area (TPSA) is 41.1 Å². The SMILES string of the molecule is CC(c1cccc(Cl)c1F)[C@H](C)NCc1ccc(Cl)cc1NC=O. The normalized spacial score (nSPS) is 13.4. The molecule has 3 nitrogen and oxygen atoms in total. The lowest BCUT2D eigenvalue weighted by molar-refractivity contribution is -0.105. The second-order valence-corrected chi connectivity index (χ2v) is 6.51. The smallest absolute Gasteiger partial charge is 0.211 e. The van der Waals surface area contributed by atoms with Crippen LogP contribution in [-0.4, -0.2) is 12.5 Å². The summed E-state index contributed by atoms with van der Waals surface area (Å²) in [5.74, 6) is -0.450. The lowest BCUT2D eigenvalue weighted by atomic mass is 9.93. The van der Waals surface area contributed by atoms with Gasteiger partial charge in [-0.1, -0.05) is 48.3 Å². The number of benzene rings is 2. The highest BCUT2D eigenvalue weighted by atomic mass is 35.5. The van der Waals surface area contributed by atoms with Crippen molar-refractivity contribution in [3.05, 3.63) is 63.4 Å². The highest BCUT2D eigenvalue weighted by Crippen LogP contribution is 2.27. The molecule has 2 atom stereocenters. The monoisotopic (exact) mass is 368 g/mol. The highest BCUT2D eigenvalue weighted by molar-refractivity contribution is 6.31. The quantitative estimate of drug-likeness (QED) is 0.676. The molecule has 6 heteroatoms. The van der Waals surface area contributed by atoms with Crippen molar-refractivity contribution in [2.75, 3.05) is 5.32 Å². The van der Waals surface area contributed by atoms with Crippen LogP contribution in [0.15, 0.2) is 36.4 Å². The number of amides is 1. The van der Waals surface area contributed by atoms with Crippen LogP contribution in [0.4, 0.5) is 10.1 Å².